The van der Waals surface area contributed by atoms with Crippen LogP contribution in [-0.2, 0) is 0 Å². The van der Waals surface area contributed by atoms with E-state index in [1.165, 1.54) is 22.3 Å². The average molecular weight is 153 g/mol. The van der Waals surface area contributed by atoms with Gasteiger partial charge in [-0.3, -0.25) is 4.98 Å². The first-order valence-electron chi connectivity index (χ1n) is 4.00. The maximum atomic E-state index is 4.10. The maximum Gasteiger partial charge on any atom is 0.0352 e. The van der Waals surface area contributed by atoms with Crippen LogP contribution >= 0.6 is 0 Å². The molecule has 56 valence electrons. The van der Waals surface area contributed by atoms with Crippen molar-refractivity contribution in [2.75, 3.05) is 0 Å². The highest BCUT2D eigenvalue weighted by Gasteiger charge is 2.20. The Morgan fingerprint density at radius 1 is 0.750 bits per heavy atom. The van der Waals surface area contributed by atoms with Gasteiger partial charge in [-0.05, 0) is 22.8 Å². The van der Waals surface area contributed by atoms with Crippen molar-refractivity contribution < 1.29 is 0 Å². The first-order chi connectivity index (χ1) is 5.97. The molecule has 2 aromatic rings. The Morgan fingerprint density at radius 3 is 2.25 bits per heavy atom. The molecule has 1 aliphatic rings. The quantitative estimate of drug-likeness (QED) is 0.484. The first-order valence-corrected chi connectivity index (χ1v) is 4.00. The third kappa shape index (κ3) is 0.565. The van der Waals surface area contributed by atoms with E-state index in [0.29, 0.717) is 0 Å². The molecule has 0 radical (unpaired) electrons. The summed E-state index contributed by atoms with van der Waals surface area (Å²) in [6, 6.07) is 10.5. The van der Waals surface area contributed by atoms with E-state index in [2.05, 4.69) is 35.3 Å². The number of fused-ring (bicyclic) bond motifs is 4. The standard InChI is InChI=1S/C11H7N/c1-2-4-9-8(3-1)10-5-6-12-7-11(9)10/h1-7H. The van der Waals surface area contributed by atoms with Crippen LogP contribution in [0.15, 0.2) is 42.7 Å². The fourth-order valence-corrected chi connectivity index (χ4v) is 1.73. The van der Waals surface area contributed by atoms with Crippen LogP contribution in [0.3, 0.4) is 0 Å². The summed E-state index contributed by atoms with van der Waals surface area (Å²) in [6.45, 7) is 0. The normalized spacial score (nSPS) is 11.3. The van der Waals surface area contributed by atoms with Crippen molar-refractivity contribution >= 4 is 0 Å². The molecular formula is C11H7N. The molecule has 0 amide bonds. The Bertz CT molecular complexity index is 346. The van der Waals surface area contributed by atoms with Crippen molar-refractivity contribution in [1.29, 1.82) is 0 Å². The van der Waals surface area contributed by atoms with E-state index >= 15 is 0 Å². The third-order valence-corrected chi connectivity index (χ3v) is 2.33. The molecule has 1 aromatic carbocycles. The second-order valence-electron chi connectivity index (χ2n) is 2.97. The number of rotatable bonds is 0. The molecule has 0 bridgehead atoms. The molecule has 0 spiro atoms. The van der Waals surface area contributed by atoms with E-state index in [4.69, 9.17) is 0 Å². The molecule has 0 saturated carbocycles. The lowest BCUT2D eigenvalue weighted by molar-refractivity contribution is 1.31. The summed E-state index contributed by atoms with van der Waals surface area (Å²) in [5, 5.41) is 0. The molecule has 0 aliphatic heterocycles. The molecule has 1 aromatic heterocycles. The fourth-order valence-electron chi connectivity index (χ4n) is 1.73. The van der Waals surface area contributed by atoms with Crippen LogP contribution in [0, 0.1) is 0 Å². The van der Waals surface area contributed by atoms with Gasteiger partial charge in [-0.1, -0.05) is 24.3 Å². The SMILES string of the molecule is c1ccc2c(c1)-c1ccncc1-2. The topological polar surface area (TPSA) is 12.9 Å². The number of nitrogens with zero attached hydrogens (tertiary/aromatic N) is 1. The first kappa shape index (κ1) is 5.95. The van der Waals surface area contributed by atoms with Gasteiger partial charge in [-0.15, -0.1) is 0 Å². The van der Waals surface area contributed by atoms with Crippen molar-refractivity contribution in [3.8, 4) is 22.3 Å². The minimum Gasteiger partial charge on any atom is -0.264 e. The van der Waals surface area contributed by atoms with E-state index < -0.39 is 0 Å². The summed E-state index contributed by atoms with van der Waals surface area (Å²) in [7, 11) is 0. The minimum absolute atomic E-state index is 1.29. The zero-order chi connectivity index (χ0) is 7.97. The Labute approximate surface area is 70.7 Å². The molecule has 1 aliphatic carbocycles. The molecule has 0 saturated heterocycles. The van der Waals surface area contributed by atoms with Crippen LogP contribution < -0.4 is 0 Å². The Hall–Kier alpha value is -1.63. The highest BCUT2D eigenvalue weighted by atomic mass is 14.6. The van der Waals surface area contributed by atoms with Crippen LogP contribution in [0.5, 0.6) is 0 Å². The Kier molecular flexibility index (Phi) is 0.965. The van der Waals surface area contributed by atoms with Gasteiger partial charge in [-0.25, -0.2) is 0 Å². The number of aromatic nitrogens is 1. The van der Waals surface area contributed by atoms with Gasteiger partial charge >= 0.3 is 0 Å². The van der Waals surface area contributed by atoms with Crippen LogP contribution in [0.4, 0.5) is 0 Å². The molecule has 1 nitrogen and oxygen atoms in total. The smallest absolute Gasteiger partial charge is 0.0352 e. The second-order valence-corrected chi connectivity index (χ2v) is 2.97. The van der Waals surface area contributed by atoms with Crippen LogP contribution in [-0.4, -0.2) is 4.98 Å². The van der Waals surface area contributed by atoms with Gasteiger partial charge in [0.1, 0.15) is 0 Å². The number of pyridine rings is 1. The van der Waals surface area contributed by atoms with Crippen molar-refractivity contribution in [3.05, 3.63) is 42.7 Å². The molecular weight excluding hydrogens is 146 g/mol. The van der Waals surface area contributed by atoms with E-state index in [0.717, 1.165) is 0 Å². The summed E-state index contributed by atoms with van der Waals surface area (Å²) in [5.41, 5.74) is 5.31. The number of hydrogen-bond acceptors (Lipinski definition) is 1. The monoisotopic (exact) mass is 153 g/mol. The summed E-state index contributed by atoms with van der Waals surface area (Å²) in [4.78, 5) is 4.10. The van der Waals surface area contributed by atoms with Gasteiger partial charge in [0.15, 0.2) is 0 Å². The summed E-state index contributed by atoms with van der Waals surface area (Å²) < 4.78 is 0. The van der Waals surface area contributed by atoms with Crippen molar-refractivity contribution in [2.24, 2.45) is 0 Å². The van der Waals surface area contributed by atoms with Crippen molar-refractivity contribution in [1.82, 2.24) is 4.98 Å². The summed E-state index contributed by atoms with van der Waals surface area (Å²) in [6.07, 6.45) is 3.77. The predicted molar refractivity (Wildman–Crippen MR) is 48.7 cm³/mol. The molecule has 3 rings (SSSR count). The highest BCUT2D eigenvalue weighted by Crippen LogP contribution is 2.45. The van der Waals surface area contributed by atoms with Crippen LogP contribution in [0.25, 0.3) is 22.3 Å². The van der Waals surface area contributed by atoms with Gasteiger partial charge in [-0.2, -0.15) is 0 Å². The molecule has 0 N–H and O–H groups in total. The minimum atomic E-state index is 1.29. The summed E-state index contributed by atoms with van der Waals surface area (Å²) >= 11 is 0. The average Bonchev–Trinajstić information content (AvgIpc) is 2.14. The molecule has 12 heavy (non-hydrogen) atoms. The highest BCUT2D eigenvalue weighted by molar-refractivity contribution is 6.01. The van der Waals surface area contributed by atoms with Crippen LogP contribution in [0.2, 0.25) is 0 Å². The second kappa shape index (κ2) is 1.95. The molecule has 1 heterocycles. The Morgan fingerprint density at radius 2 is 1.42 bits per heavy atom. The van der Waals surface area contributed by atoms with Crippen molar-refractivity contribution in [2.45, 2.75) is 0 Å². The number of hydrogen-bond donors (Lipinski definition) is 0. The van der Waals surface area contributed by atoms with E-state index in [1.807, 2.05) is 12.4 Å². The van der Waals surface area contributed by atoms with Gasteiger partial charge < -0.3 is 0 Å². The lowest BCUT2D eigenvalue weighted by Crippen LogP contribution is -1.97. The van der Waals surface area contributed by atoms with E-state index in [9.17, 15) is 0 Å². The maximum absolute atomic E-state index is 4.10. The van der Waals surface area contributed by atoms with Gasteiger partial charge in [0.25, 0.3) is 0 Å². The lowest BCUT2D eigenvalue weighted by Gasteiger charge is -2.22. The molecule has 0 unspecified atom stereocenters. The van der Waals surface area contributed by atoms with Gasteiger partial charge in [0.05, 0.1) is 0 Å². The van der Waals surface area contributed by atoms with Gasteiger partial charge in [0, 0.05) is 18.0 Å². The third-order valence-electron chi connectivity index (χ3n) is 2.33. The molecule has 0 atom stereocenters. The molecule has 1 heteroatoms. The lowest BCUT2D eigenvalue weighted by atomic mass is 9.82. The zero-order valence-corrected chi connectivity index (χ0v) is 6.49. The van der Waals surface area contributed by atoms with E-state index in [1.54, 1.807) is 0 Å². The van der Waals surface area contributed by atoms with Crippen LogP contribution in [0.1, 0.15) is 0 Å². The van der Waals surface area contributed by atoms with Gasteiger partial charge in [0.2, 0.25) is 0 Å². The largest absolute Gasteiger partial charge is 0.264 e. The summed E-state index contributed by atoms with van der Waals surface area (Å²) in [5.74, 6) is 0. The molecule has 0 fully saturated rings. The van der Waals surface area contributed by atoms with Crippen molar-refractivity contribution in [3.63, 3.8) is 0 Å². The fraction of sp³-hybridized carbons (Fsp3) is 0. The number of benzene rings is 1. The predicted octanol–water partition coefficient (Wildman–Crippen LogP) is 2.73. The zero-order valence-electron chi connectivity index (χ0n) is 6.49. The Balaban J connectivity index is 2.34. The van der Waals surface area contributed by atoms with E-state index in [-0.39, 0.29) is 0 Å².